The number of carbonyl (C=O) groups excluding carboxylic acids is 1. The van der Waals surface area contributed by atoms with E-state index in [0.717, 1.165) is 11.1 Å². The van der Waals surface area contributed by atoms with Crippen molar-refractivity contribution in [2.45, 2.75) is 0 Å². The van der Waals surface area contributed by atoms with Gasteiger partial charge in [-0.05, 0) is 12.1 Å². The van der Waals surface area contributed by atoms with Crippen LogP contribution in [0.5, 0.6) is 0 Å². The Balaban J connectivity index is 2.23. The normalized spacial score (nSPS) is 11.4. The molecular weight excluding hydrogens is 291 g/mol. The lowest BCUT2D eigenvalue weighted by Crippen LogP contribution is -2.04. The zero-order valence-corrected chi connectivity index (χ0v) is 11.1. The number of halogens is 2. The minimum Gasteiger partial charge on any atom is -0.419 e. The van der Waals surface area contributed by atoms with E-state index in [4.69, 9.17) is 32.4 Å². The largest absolute Gasteiger partial charge is 0.419 e. The molecule has 0 fully saturated rings. The summed E-state index contributed by atoms with van der Waals surface area (Å²) in [6.07, 6.45) is 0. The molecule has 1 aromatic heterocycles. The molecule has 0 aliphatic heterocycles. The summed E-state index contributed by atoms with van der Waals surface area (Å²) in [7, 11) is 0. The summed E-state index contributed by atoms with van der Waals surface area (Å²) in [5.41, 5.74) is 1.78. The van der Waals surface area contributed by atoms with Crippen molar-refractivity contribution in [1.29, 1.82) is 0 Å². The predicted octanol–water partition coefficient (Wildman–Crippen LogP) is 3.06. The fourth-order valence-corrected chi connectivity index (χ4v) is 1.48. The second-order valence-corrected chi connectivity index (χ2v) is 3.84. The zero-order valence-electron chi connectivity index (χ0n) is 9.55. The van der Waals surface area contributed by atoms with Gasteiger partial charge in [0.15, 0.2) is 0 Å². The van der Waals surface area contributed by atoms with Crippen molar-refractivity contribution < 1.29 is 13.9 Å². The van der Waals surface area contributed by atoms with Crippen LogP contribution in [-0.4, -0.2) is 22.0 Å². The van der Waals surface area contributed by atoms with Gasteiger partial charge in [-0.3, -0.25) is 4.79 Å². The molecule has 0 saturated carbocycles. The predicted molar refractivity (Wildman–Crippen MR) is 70.4 cm³/mol. The quantitative estimate of drug-likeness (QED) is 0.493. The average molecular weight is 299 g/mol. The summed E-state index contributed by atoms with van der Waals surface area (Å²) < 4.78 is 10.2. The van der Waals surface area contributed by atoms with Crippen molar-refractivity contribution >= 4 is 34.9 Å². The number of aromatic nitrogens is 2. The molecule has 0 unspecified atom stereocenters. The topological polar surface area (TPSA) is 65.2 Å². The van der Waals surface area contributed by atoms with Gasteiger partial charge in [-0.15, -0.1) is 21.8 Å². The molecule has 0 bridgehead atoms. The molecule has 2 rings (SSSR count). The van der Waals surface area contributed by atoms with Crippen LogP contribution in [0.3, 0.4) is 0 Å². The van der Waals surface area contributed by atoms with Crippen LogP contribution >= 0.6 is 23.2 Å². The monoisotopic (exact) mass is 298 g/mol. The Bertz CT molecular complexity index is 596. The van der Waals surface area contributed by atoms with Crippen LogP contribution in [0.15, 0.2) is 40.3 Å². The molecule has 0 N–H and O–H groups in total. The van der Waals surface area contributed by atoms with Crippen molar-refractivity contribution in [1.82, 2.24) is 10.2 Å². The van der Waals surface area contributed by atoms with E-state index >= 15 is 0 Å². The molecule has 0 aliphatic carbocycles. The highest BCUT2D eigenvalue weighted by molar-refractivity contribution is 6.29. The number of carbonyl (C=O) groups is 1. The van der Waals surface area contributed by atoms with Crippen LogP contribution in [0.1, 0.15) is 5.89 Å². The summed E-state index contributed by atoms with van der Waals surface area (Å²) in [4.78, 5) is 11.1. The summed E-state index contributed by atoms with van der Waals surface area (Å²) in [6.45, 7) is 0. The first-order valence-electron chi connectivity index (χ1n) is 5.21. The third-order valence-corrected chi connectivity index (χ3v) is 2.50. The molecule has 19 heavy (non-hydrogen) atoms. The molecule has 0 saturated heterocycles. The van der Waals surface area contributed by atoms with Gasteiger partial charge < -0.3 is 9.15 Å². The van der Waals surface area contributed by atoms with Crippen LogP contribution < -0.4 is 0 Å². The number of hydrogen-bond acceptors (Lipinski definition) is 5. The molecule has 0 atom stereocenters. The highest BCUT2D eigenvalue weighted by Crippen LogP contribution is 2.22. The third-order valence-electron chi connectivity index (χ3n) is 2.09. The Labute approximate surface area is 118 Å². The van der Waals surface area contributed by atoms with Gasteiger partial charge >= 0.3 is 5.97 Å². The SMILES string of the molecule is O=C(CCl)OC(=CCl)c1nnc(-c2ccccc2)o1. The molecular formula is C12H8Cl2N2O3. The van der Waals surface area contributed by atoms with E-state index in [9.17, 15) is 4.79 Å². The van der Waals surface area contributed by atoms with Gasteiger partial charge in [0, 0.05) is 5.56 Å². The maximum Gasteiger partial charge on any atom is 0.326 e. The highest BCUT2D eigenvalue weighted by Gasteiger charge is 2.16. The lowest BCUT2D eigenvalue weighted by molar-refractivity contribution is -0.133. The van der Waals surface area contributed by atoms with Crippen LogP contribution in [0.25, 0.3) is 17.2 Å². The molecule has 1 heterocycles. The fourth-order valence-electron chi connectivity index (χ4n) is 1.28. The van der Waals surface area contributed by atoms with E-state index < -0.39 is 5.97 Å². The smallest absolute Gasteiger partial charge is 0.326 e. The first-order chi connectivity index (χ1) is 9.24. The second kappa shape index (κ2) is 6.36. The molecule has 7 heteroatoms. The van der Waals surface area contributed by atoms with E-state index in [-0.39, 0.29) is 17.5 Å². The first-order valence-corrected chi connectivity index (χ1v) is 6.18. The van der Waals surface area contributed by atoms with Gasteiger partial charge in [0.1, 0.15) is 5.88 Å². The molecule has 0 radical (unpaired) electrons. The standard InChI is InChI=1S/C12H8Cl2N2O3/c13-6-9(18-10(17)7-14)12-16-15-11(19-12)8-4-2-1-3-5-8/h1-6H,7H2. The summed E-state index contributed by atoms with van der Waals surface area (Å²) in [6, 6.07) is 9.17. The minimum absolute atomic E-state index is 0.00678. The molecule has 98 valence electrons. The Hall–Kier alpha value is -1.85. The van der Waals surface area contributed by atoms with E-state index in [0.29, 0.717) is 5.89 Å². The molecule has 0 aliphatic rings. The van der Waals surface area contributed by atoms with Crippen LogP contribution in [0, 0.1) is 0 Å². The Morgan fingerprint density at radius 2 is 2.05 bits per heavy atom. The van der Waals surface area contributed by atoms with E-state index in [1.54, 1.807) is 0 Å². The molecule has 1 aromatic carbocycles. The number of nitrogens with zero attached hydrogens (tertiary/aromatic N) is 2. The van der Waals surface area contributed by atoms with Gasteiger partial charge in [-0.2, -0.15) is 0 Å². The van der Waals surface area contributed by atoms with Crippen molar-refractivity contribution in [3.8, 4) is 11.5 Å². The zero-order chi connectivity index (χ0) is 13.7. The molecule has 5 nitrogen and oxygen atoms in total. The summed E-state index contributed by atoms with van der Waals surface area (Å²) in [5, 5.41) is 7.61. The minimum atomic E-state index is -0.659. The number of benzene rings is 1. The fraction of sp³-hybridized carbons (Fsp3) is 0.0833. The average Bonchev–Trinajstić information content (AvgIpc) is 2.95. The van der Waals surface area contributed by atoms with Crippen molar-refractivity contribution in [2.75, 3.05) is 5.88 Å². The molecule has 2 aromatic rings. The van der Waals surface area contributed by atoms with Crippen molar-refractivity contribution in [3.63, 3.8) is 0 Å². The van der Waals surface area contributed by atoms with Gasteiger partial charge in [0.25, 0.3) is 5.89 Å². The molecule has 0 amide bonds. The third kappa shape index (κ3) is 3.33. The Morgan fingerprint density at radius 3 is 2.68 bits per heavy atom. The number of esters is 1. The number of alkyl halides is 1. The van der Waals surface area contributed by atoms with Crippen molar-refractivity contribution in [3.05, 3.63) is 41.8 Å². The van der Waals surface area contributed by atoms with E-state index in [1.807, 2.05) is 30.3 Å². The van der Waals surface area contributed by atoms with Crippen LogP contribution in [0.2, 0.25) is 0 Å². The van der Waals surface area contributed by atoms with Gasteiger partial charge in [0.05, 0.1) is 5.54 Å². The Morgan fingerprint density at radius 1 is 1.32 bits per heavy atom. The number of hydrogen-bond donors (Lipinski definition) is 0. The van der Waals surface area contributed by atoms with Crippen LogP contribution in [-0.2, 0) is 9.53 Å². The second-order valence-electron chi connectivity index (χ2n) is 3.36. The van der Waals surface area contributed by atoms with Crippen LogP contribution in [0.4, 0.5) is 0 Å². The maximum absolute atomic E-state index is 11.1. The van der Waals surface area contributed by atoms with Gasteiger partial charge in [0.2, 0.25) is 11.6 Å². The van der Waals surface area contributed by atoms with Gasteiger partial charge in [-0.25, -0.2) is 0 Å². The Kier molecular flexibility index (Phi) is 4.54. The first kappa shape index (κ1) is 13.6. The van der Waals surface area contributed by atoms with E-state index in [1.165, 1.54) is 0 Å². The lowest BCUT2D eigenvalue weighted by Gasteiger charge is -2.00. The van der Waals surface area contributed by atoms with Gasteiger partial charge in [-0.1, -0.05) is 29.8 Å². The summed E-state index contributed by atoms with van der Waals surface area (Å²) in [5.74, 6) is -0.690. The number of ether oxygens (including phenoxy) is 1. The summed E-state index contributed by atoms with van der Waals surface area (Å²) >= 11 is 10.9. The molecule has 0 spiro atoms. The maximum atomic E-state index is 11.1. The lowest BCUT2D eigenvalue weighted by atomic mass is 10.2. The van der Waals surface area contributed by atoms with Crippen molar-refractivity contribution in [2.24, 2.45) is 0 Å². The number of rotatable bonds is 4. The highest BCUT2D eigenvalue weighted by atomic mass is 35.5. The van der Waals surface area contributed by atoms with E-state index in [2.05, 4.69) is 10.2 Å².